The van der Waals surface area contributed by atoms with Crippen molar-refractivity contribution in [3.8, 4) is 11.5 Å². The molecule has 0 fully saturated rings. The van der Waals surface area contributed by atoms with E-state index >= 15 is 0 Å². The van der Waals surface area contributed by atoms with Crippen LogP contribution in [0.3, 0.4) is 0 Å². The average molecular weight is 378 g/mol. The number of methoxy groups -OCH3 is 1. The summed E-state index contributed by atoms with van der Waals surface area (Å²) in [6.07, 6.45) is 1.41. The van der Waals surface area contributed by atoms with Crippen LogP contribution in [0.5, 0.6) is 11.5 Å². The van der Waals surface area contributed by atoms with E-state index < -0.39 is 5.82 Å². The third-order valence-electron chi connectivity index (χ3n) is 3.37. The molecule has 0 radical (unpaired) electrons. The van der Waals surface area contributed by atoms with Crippen LogP contribution >= 0.6 is 15.9 Å². The molecule has 1 aliphatic rings. The van der Waals surface area contributed by atoms with Crippen LogP contribution in [0.4, 0.5) is 10.1 Å². The molecule has 7 heteroatoms. The second kappa shape index (κ2) is 6.37. The number of hydrogen-bond donors (Lipinski definition) is 2. The first kappa shape index (κ1) is 15.5. The topological polar surface area (TPSA) is 66.2 Å². The smallest absolute Gasteiger partial charge is 0.161 e. The molecule has 0 aliphatic carbocycles. The summed E-state index contributed by atoms with van der Waals surface area (Å²) in [7, 11) is 1.47. The monoisotopic (exact) mass is 377 g/mol. The summed E-state index contributed by atoms with van der Waals surface area (Å²) >= 11 is 3.22. The first-order valence-corrected chi connectivity index (χ1v) is 7.56. The Morgan fingerprint density at radius 2 is 2.13 bits per heavy atom. The minimum Gasteiger partial charge on any atom is -0.504 e. The number of ether oxygens (including phenoxy) is 1. The van der Waals surface area contributed by atoms with Gasteiger partial charge < -0.3 is 15.2 Å². The molecule has 0 aromatic heterocycles. The summed E-state index contributed by atoms with van der Waals surface area (Å²) in [6, 6.07) is 7.94. The van der Waals surface area contributed by atoms with Crippen molar-refractivity contribution in [2.24, 2.45) is 9.98 Å². The number of anilines is 1. The van der Waals surface area contributed by atoms with Crippen LogP contribution in [0, 0.1) is 5.82 Å². The lowest BCUT2D eigenvalue weighted by atomic mass is 10.0. The number of rotatable bonds is 2. The summed E-state index contributed by atoms with van der Waals surface area (Å²) < 4.78 is 19.8. The highest BCUT2D eigenvalue weighted by atomic mass is 79.9. The number of nitrogens with one attached hydrogen (secondary N) is 1. The van der Waals surface area contributed by atoms with E-state index in [0.29, 0.717) is 33.9 Å². The van der Waals surface area contributed by atoms with E-state index in [0.717, 1.165) is 5.56 Å². The van der Waals surface area contributed by atoms with Crippen LogP contribution in [-0.4, -0.2) is 24.4 Å². The SMILES string of the molecule is COc1cc2c(cc1O)CN=CN=C2Nc1ccc(Br)cc1F. The van der Waals surface area contributed by atoms with Crippen molar-refractivity contribution in [2.75, 3.05) is 12.4 Å². The fourth-order valence-corrected chi connectivity index (χ4v) is 2.58. The van der Waals surface area contributed by atoms with Crippen LogP contribution in [0.15, 0.2) is 44.8 Å². The molecule has 0 saturated carbocycles. The second-order valence-corrected chi connectivity index (χ2v) is 5.78. The number of amidine groups is 1. The van der Waals surface area contributed by atoms with Crippen LogP contribution in [0.2, 0.25) is 0 Å². The van der Waals surface area contributed by atoms with Crippen LogP contribution in [0.1, 0.15) is 11.1 Å². The number of benzene rings is 2. The minimum absolute atomic E-state index is 0.0255. The Balaban J connectivity index is 2.03. The van der Waals surface area contributed by atoms with Gasteiger partial charge >= 0.3 is 0 Å². The van der Waals surface area contributed by atoms with Gasteiger partial charge in [-0.3, -0.25) is 4.99 Å². The lowest BCUT2D eigenvalue weighted by Gasteiger charge is -2.14. The Morgan fingerprint density at radius 3 is 2.87 bits per heavy atom. The number of fused-ring (bicyclic) bond motifs is 1. The van der Waals surface area contributed by atoms with Gasteiger partial charge in [0.15, 0.2) is 11.5 Å². The van der Waals surface area contributed by atoms with E-state index in [1.165, 1.54) is 19.5 Å². The van der Waals surface area contributed by atoms with Crippen LogP contribution in [-0.2, 0) is 6.54 Å². The fourth-order valence-electron chi connectivity index (χ4n) is 2.25. The Morgan fingerprint density at radius 1 is 1.30 bits per heavy atom. The molecule has 0 saturated heterocycles. The number of nitrogens with zero attached hydrogens (tertiary/aromatic N) is 2. The van der Waals surface area contributed by atoms with Crippen LogP contribution in [0.25, 0.3) is 0 Å². The minimum atomic E-state index is -0.407. The largest absolute Gasteiger partial charge is 0.504 e. The molecule has 1 heterocycles. The Bertz CT molecular complexity index is 821. The van der Waals surface area contributed by atoms with E-state index in [9.17, 15) is 9.50 Å². The van der Waals surface area contributed by atoms with Gasteiger partial charge in [-0.1, -0.05) is 15.9 Å². The molecule has 118 valence electrons. The van der Waals surface area contributed by atoms with Gasteiger partial charge in [0.05, 0.1) is 19.3 Å². The van der Waals surface area contributed by atoms with Gasteiger partial charge in [-0.05, 0) is 35.9 Å². The van der Waals surface area contributed by atoms with Gasteiger partial charge in [-0.2, -0.15) is 0 Å². The molecule has 3 rings (SSSR count). The Labute approximate surface area is 140 Å². The van der Waals surface area contributed by atoms with E-state index in [1.54, 1.807) is 24.3 Å². The first-order valence-electron chi connectivity index (χ1n) is 6.77. The van der Waals surface area contributed by atoms with E-state index in [4.69, 9.17) is 4.74 Å². The molecule has 0 bridgehead atoms. The van der Waals surface area contributed by atoms with Gasteiger partial charge in [0.1, 0.15) is 18.0 Å². The molecule has 2 aromatic rings. The van der Waals surface area contributed by atoms with Gasteiger partial charge in [0, 0.05) is 10.0 Å². The molecule has 23 heavy (non-hydrogen) atoms. The highest BCUT2D eigenvalue weighted by Gasteiger charge is 2.17. The van der Waals surface area contributed by atoms with E-state index in [1.807, 2.05) is 0 Å². The van der Waals surface area contributed by atoms with Crippen molar-refractivity contribution in [1.29, 1.82) is 0 Å². The molecule has 1 aliphatic heterocycles. The summed E-state index contributed by atoms with van der Waals surface area (Å²) in [6.45, 7) is 0.365. The van der Waals surface area contributed by atoms with Crippen molar-refractivity contribution >= 4 is 33.8 Å². The summed E-state index contributed by atoms with van der Waals surface area (Å²) in [5, 5.41) is 12.9. The zero-order valence-electron chi connectivity index (χ0n) is 12.2. The van der Waals surface area contributed by atoms with Gasteiger partial charge in [-0.15, -0.1) is 0 Å². The summed E-state index contributed by atoms with van der Waals surface area (Å²) in [5.74, 6) is 0.366. The van der Waals surface area contributed by atoms with Crippen molar-refractivity contribution in [3.05, 3.63) is 51.7 Å². The molecule has 0 amide bonds. The molecule has 0 atom stereocenters. The van der Waals surface area contributed by atoms with Gasteiger partial charge in [-0.25, -0.2) is 9.38 Å². The molecule has 0 unspecified atom stereocenters. The maximum Gasteiger partial charge on any atom is 0.161 e. The lowest BCUT2D eigenvalue weighted by Crippen LogP contribution is -2.16. The molecule has 5 nitrogen and oxygen atoms in total. The lowest BCUT2D eigenvalue weighted by molar-refractivity contribution is 0.373. The third kappa shape index (κ3) is 3.19. The highest BCUT2D eigenvalue weighted by Crippen LogP contribution is 2.31. The van der Waals surface area contributed by atoms with Gasteiger partial charge in [0.25, 0.3) is 0 Å². The number of phenolic OH excluding ortho intramolecular Hbond substituents is 1. The van der Waals surface area contributed by atoms with Crippen molar-refractivity contribution in [2.45, 2.75) is 6.54 Å². The Hall–Kier alpha value is -2.41. The van der Waals surface area contributed by atoms with Crippen molar-refractivity contribution < 1.29 is 14.2 Å². The predicted molar refractivity (Wildman–Crippen MR) is 91.1 cm³/mol. The predicted octanol–water partition coefficient (Wildman–Crippen LogP) is 3.70. The second-order valence-electron chi connectivity index (χ2n) is 4.86. The zero-order valence-corrected chi connectivity index (χ0v) is 13.8. The summed E-state index contributed by atoms with van der Waals surface area (Å²) in [4.78, 5) is 8.36. The third-order valence-corrected chi connectivity index (χ3v) is 3.87. The van der Waals surface area contributed by atoms with E-state index in [-0.39, 0.29) is 5.75 Å². The Kier molecular flexibility index (Phi) is 4.29. The maximum atomic E-state index is 14.0. The van der Waals surface area contributed by atoms with E-state index in [2.05, 4.69) is 31.2 Å². The number of phenols is 1. The average Bonchev–Trinajstić information content (AvgIpc) is 2.71. The quantitative estimate of drug-likeness (QED) is 0.838. The first-order chi connectivity index (χ1) is 11.1. The zero-order chi connectivity index (χ0) is 16.4. The molecule has 2 aromatic carbocycles. The number of halogens is 2. The number of aromatic hydroxyl groups is 1. The summed E-state index contributed by atoms with van der Waals surface area (Å²) in [5.41, 5.74) is 1.75. The fraction of sp³-hybridized carbons (Fsp3) is 0.125. The van der Waals surface area contributed by atoms with Crippen molar-refractivity contribution in [1.82, 2.24) is 0 Å². The standard InChI is InChI=1S/C16H13BrFN3O2/c1-23-15-6-11-9(4-14(15)22)7-19-8-20-16(11)21-13-3-2-10(17)5-12(13)18/h2-6,8,22H,7H2,1H3,(H,19,20,21). The maximum absolute atomic E-state index is 14.0. The number of aliphatic imine (C=N–C) groups is 2. The molecule has 2 N–H and O–H groups in total. The van der Waals surface area contributed by atoms with Crippen LogP contribution < -0.4 is 10.1 Å². The highest BCUT2D eigenvalue weighted by molar-refractivity contribution is 9.10. The van der Waals surface area contributed by atoms with Crippen molar-refractivity contribution in [3.63, 3.8) is 0 Å². The normalized spacial score (nSPS) is 13.1. The molecular formula is C16H13BrFN3O2. The number of hydrogen-bond acceptors (Lipinski definition) is 5. The molecule has 0 spiro atoms. The van der Waals surface area contributed by atoms with Gasteiger partial charge in [0.2, 0.25) is 0 Å². The molecular weight excluding hydrogens is 365 g/mol.